The van der Waals surface area contributed by atoms with Crippen molar-refractivity contribution in [1.29, 1.82) is 0 Å². The first-order valence-electron chi connectivity index (χ1n) is 8.19. The Hall–Kier alpha value is -1.35. The Bertz CT molecular complexity index is 697. The van der Waals surface area contributed by atoms with E-state index in [1.165, 1.54) is 16.7 Å². The van der Waals surface area contributed by atoms with Crippen molar-refractivity contribution in [2.24, 2.45) is 4.99 Å². The van der Waals surface area contributed by atoms with Gasteiger partial charge in [-0.05, 0) is 31.9 Å². The predicted molar refractivity (Wildman–Crippen MR) is 119 cm³/mol. The summed E-state index contributed by atoms with van der Waals surface area (Å²) in [5.41, 5.74) is 4.84. The number of guanidine groups is 1. The van der Waals surface area contributed by atoms with Gasteiger partial charge >= 0.3 is 0 Å². The number of hydrogen-bond donors (Lipinski definition) is 2. The Morgan fingerprint density at radius 2 is 2.00 bits per heavy atom. The van der Waals surface area contributed by atoms with Gasteiger partial charge in [0.05, 0.1) is 18.8 Å². The Morgan fingerprint density at radius 3 is 2.60 bits per heavy atom. The van der Waals surface area contributed by atoms with Crippen molar-refractivity contribution in [2.45, 2.75) is 33.9 Å². The minimum Gasteiger partial charge on any atom is -0.357 e. The van der Waals surface area contributed by atoms with Crippen molar-refractivity contribution >= 4 is 46.4 Å². The van der Waals surface area contributed by atoms with Gasteiger partial charge < -0.3 is 15.5 Å². The van der Waals surface area contributed by atoms with Crippen molar-refractivity contribution in [2.75, 3.05) is 25.5 Å². The fourth-order valence-corrected chi connectivity index (χ4v) is 3.04. The van der Waals surface area contributed by atoms with Crippen LogP contribution in [0.3, 0.4) is 0 Å². The van der Waals surface area contributed by atoms with Crippen LogP contribution in [0.15, 0.2) is 28.6 Å². The van der Waals surface area contributed by atoms with Crippen LogP contribution >= 0.6 is 35.3 Å². The van der Waals surface area contributed by atoms with E-state index in [9.17, 15) is 0 Å². The average molecular weight is 473 g/mol. The molecule has 0 aliphatic rings. The summed E-state index contributed by atoms with van der Waals surface area (Å²) < 4.78 is 0. The Kier molecular flexibility index (Phi) is 9.20. The average Bonchev–Trinajstić information content (AvgIpc) is 3.00. The van der Waals surface area contributed by atoms with Crippen LogP contribution in [-0.2, 0) is 13.1 Å². The van der Waals surface area contributed by atoms with Crippen LogP contribution in [-0.4, -0.2) is 31.6 Å². The Labute approximate surface area is 172 Å². The van der Waals surface area contributed by atoms with Gasteiger partial charge in [-0.2, -0.15) is 0 Å². The van der Waals surface area contributed by atoms with E-state index >= 15 is 0 Å². The zero-order chi connectivity index (χ0) is 17.5. The topological polar surface area (TPSA) is 52.6 Å². The first-order valence-corrected chi connectivity index (χ1v) is 9.07. The Balaban J connectivity index is 0.00000312. The first kappa shape index (κ1) is 21.7. The van der Waals surface area contributed by atoms with Gasteiger partial charge in [0, 0.05) is 26.0 Å². The molecule has 0 spiro atoms. The summed E-state index contributed by atoms with van der Waals surface area (Å²) in [6.45, 7) is 8.49. The molecule has 0 aliphatic heterocycles. The van der Waals surface area contributed by atoms with E-state index in [-0.39, 0.29) is 24.0 Å². The maximum atomic E-state index is 4.69. The summed E-state index contributed by atoms with van der Waals surface area (Å²) in [5.74, 6) is 0.817. The molecular formula is C18H28IN5S. The molecule has 0 amide bonds. The zero-order valence-electron chi connectivity index (χ0n) is 15.6. The second-order valence-electron chi connectivity index (χ2n) is 5.99. The normalized spacial score (nSPS) is 11.0. The van der Waals surface area contributed by atoms with Crippen LogP contribution in [0.1, 0.15) is 29.3 Å². The number of thiazole rings is 1. The molecule has 25 heavy (non-hydrogen) atoms. The van der Waals surface area contributed by atoms with Crippen LogP contribution in [0, 0.1) is 13.8 Å². The van der Waals surface area contributed by atoms with Gasteiger partial charge in [0.1, 0.15) is 0 Å². The lowest BCUT2D eigenvalue weighted by atomic mass is 10.1. The van der Waals surface area contributed by atoms with Gasteiger partial charge in [-0.15, -0.1) is 35.3 Å². The maximum Gasteiger partial charge on any atom is 0.191 e. The molecule has 1 heterocycles. The van der Waals surface area contributed by atoms with E-state index in [1.54, 1.807) is 11.3 Å². The number of rotatable bonds is 6. The van der Waals surface area contributed by atoms with Crippen LogP contribution in [0.2, 0.25) is 0 Å². The lowest BCUT2D eigenvalue weighted by molar-refractivity contribution is 0.802. The number of halogens is 1. The van der Waals surface area contributed by atoms with Gasteiger partial charge in [-0.3, -0.25) is 0 Å². The zero-order valence-corrected chi connectivity index (χ0v) is 18.7. The third-order valence-corrected chi connectivity index (χ3v) is 4.67. The van der Waals surface area contributed by atoms with Crippen LogP contribution in [0.5, 0.6) is 0 Å². The molecule has 5 nitrogen and oxygen atoms in total. The summed E-state index contributed by atoms with van der Waals surface area (Å²) >= 11 is 1.65. The smallest absolute Gasteiger partial charge is 0.191 e. The monoisotopic (exact) mass is 473 g/mol. The number of nitrogens with one attached hydrogen (secondary N) is 2. The number of aromatic nitrogens is 1. The molecule has 2 rings (SSSR count). The quantitative estimate of drug-likeness (QED) is 0.382. The number of hydrogen-bond acceptors (Lipinski definition) is 4. The van der Waals surface area contributed by atoms with Crippen molar-refractivity contribution in [3.05, 3.63) is 46.0 Å². The first-order chi connectivity index (χ1) is 11.5. The molecule has 1 aromatic carbocycles. The highest BCUT2D eigenvalue weighted by Gasteiger charge is 2.05. The molecule has 0 fully saturated rings. The minimum absolute atomic E-state index is 0. The second kappa shape index (κ2) is 10.6. The highest BCUT2D eigenvalue weighted by atomic mass is 127. The molecule has 0 aliphatic carbocycles. The molecule has 1 aromatic heterocycles. The molecular weight excluding hydrogens is 445 g/mol. The second-order valence-corrected chi connectivity index (χ2v) is 6.83. The molecule has 2 aromatic rings. The van der Waals surface area contributed by atoms with Crippen molar-refractivity contribution < 1.29 is 0 Å². The molecule has 0 unspecified atom stereocenters. The van der Waals surface area contributed by atoms with Gasteiger partial charge in [0.15, 0.2) is 11.1 Å². The van der Waals surface area contributed by atoms with Gasteiger partial charge in [0.25, 0.3) is 0 Å². The number of nitrogens with zero attached hydrogens (tertiary/aromatic N) is 3. The molecule has 2 N–H and O–H groups in total. The van der Waals surface area contributed by atoms with Gasteiger partial charge in [-0.1, -0.05) is 23.8 Å². The molecule has 0 atom stereocenters. The van der Waals surface area contributed by atoms with E-state index in [0.717, 1.165) is 23.3 Å². The van der Waals surface area contributed by atoms with Crippen LogP contribution in [0.25, 0.3) is 0 Å². The fraction of sp³-hybridized carbons (Fsp3) is 0.444. The predicted octanol–water partition coefficient (Wildman–Crippen LogP) is 3.70. The van der Waals surface area contributed by atoms with E-state index in [4.69, 9.17) is 4.99 Å². The number of aryl methyl sites for hydroxylation is 2. The number of benzene rings is 1. The number of aliphatic imine (C=N–C) groups is 1. The SMILES string of the molecule is CCNC(=NCc1ccc(C)cc1C)NCc1csc(N(C)C)n1.I. The molecule has 0 saturated carbocycles. The summed E-state index contributed by atoms with van der Waals surface area (Å²) in [5, 5.41) is 9.74. The lowest BCUT2D eigenvalue weighted by Crippen LogP contribution is -2.36. The molecule has 0 saturated heterocycles. The Morgan fingerprint density at radius 1 is 1.24 bits per heavy atom. The lowest BCUT2D eigenvalue weighted by Gasteiger charge is -2.11. The van der Waals surface area contributed by atoms with Crippen molar-refractivity contribution in [3.8, 4) is 0 Å². The maximum absolute atomic E-state index is 4.69. The summed E-state index contributed by atoms with van der Waals surface area (Å²) in [4.78, 5) is 11.3. The standard InChI is InChI=1S/C18H27N5S.HI/c1-6-19-17(20-10-15-8-7-13(2)9-14(15)3)21-11-16-12-24-18(22-16)23(4)5;/h7-9,12H,6,10-11H2,1-5H3,(H2,19,20,21);1H. The summed E-state index contributed by atoms with van der Waals surface area (Å²) in [6, 6.07) is 6.49. The molecule has 7 heteroatoms. The highest BCUT2D eigenvalue weighted by molar-refractivity contribution is 14.0. The largest absolute Gasteiger partial charge is 0.357 e. The van der Waals surface area contributed by atoms with E-state index in [2.05, 4.69) is 60.0 Å². The molecule has 0 radical (unpaired) electrons. The fourth-order valence-electron chi connectivity index (χ4n) is 2.29. The van der Waals surface area contributed by atoms with Crippen LogP contribution in [0.4, 0.5) is 5.13 Å². The van der Waals surface area contributed by atoms with Gasteiger partial charge in [-0.25, -0.2) is 9.98 Å². The van der Waals surface area contributed by atoms with E-state index < -0.39 is 0 Å². The minimum atomic E-state index is 0. The number of anilines is 1. The van der Waals surface area contributed by atoms with Gasteiger partial charge in [0.2, 0.25) is 0 Å². The van der Waals surface area contributed by atoms with E-state index in [0.29, 0.717) is 13.1 Å². The summed E-state index contributed by atoms with van der Waals surface area (Å²) in [6.07, 6.45) is 0. The van der Waals surface area contributed by atoms with Crippen LogP contribution < -0.4 is 15.5 Å². The van der Waals surface area contributed by atoms with E-state index in [1.807, 2.05) is 19.0 Å². The van der Waals surface area contributed by atoms with Crippen molar-refractivity contribution in [3.63, 3.8) is 0 Å². The third kappa shape index (κ3) is 6.81. The molecule has 0 bridgehead atoms. The highest BCUT2D eigenvalue weighted by Crippen LogP contribution is 2.17. The third-order valence-electron chi connectivity index (χ3n) is 3.61. The van der Waals surface area contributed by atoms with Crippen molar-refractivity contribution in [1.82, 2.24) is 15.6 Å². The molecule has 138 valence electrons. The summed E-state index contributed by atoms with van der Waals surface area (Å²) in [7, 11) is 4.01.